The van der Waals surface area contributed by atoms with Gasteiger partial charge in [-0.3, -0.25) is 4.79 Å². The number of hydrogen-bond acceptors (Lipinski definition) is 4. The molecule has 1 aromatic rings. The van der Waals surface area contributed by atoms with Gasteiger partial charge in [0.1, 0.15) is 6.04 Å². The molecule has 1 aliphatic rings. The van der Waals surface area contributed by atoms with Gasteiger partial charge in [-0.25, -0.2) is 0 Å². The number of halogens is 1. The molecule has 2 rings (SSSR count). The van der Waals surface area contributed by atoms with Crippen molar-refractivity contribution in [1.82, 2.24) is 0 Å². The van der Waals surface area contributed by atoms with Crippen molar-refractivity contribution in [2.75, 3.05) is 13.7 Å². The van der Waals surface area contributed by atoms with Crippen LogP contribution in [0.2, 0.25) is 0 Å². The van der Waals surface area contributed by atoms with Gasteiger partial charge in [0.15, 0.2) is 11.5 Å². The Hall–Kier alpha value is -1.27. The van der Waals surface area contributed by atoms with Crippen LogP contribution in [-0.4, -0.2) is 30.8 Å². The average Bonchev–Trinajstić information content (AvgIpc) is 3.23. The number of rotatable bonds is 7. The number of carboxylic acid groups (broad SMARTS) is 1. The molecule has 3 N–H and O–H groups in total. The van der Waals surface area contributed by atoms with Crippen molar-refractivity contribution >= 4 is 21.9 Å². The number of ether oxygens (including phenoxy) is 2. The van der Waals surface area contributed by atoms with E-state index in [2.05, 4.69) is 15.9 Å². The lowest BCUT2D eigenvalue weighted by molar-refractivity contribution is -0.138. The highest BCUT2D eigenvalue weighted by Gasteiger charge is 2.25. The van der Waals surface area contributed by atoms with E-state index in [1.807, 2.05) is 6.07 Å². The van der Waals surface area contributed by atoms with E-state index in [1.165, 1.54) is 12.8 Å². The summed E-state index contributed by atoms with van der Waals surface area (Å²) in [7, 11) is 1.56. The molecule has 0 heterocycles. The zero-order valence-corrected chi connectivity index (χ0v) is 12.9. The van der Waals surface area contributed by atoms with Gasteiger partial charge in [-0.1, -0.05) is 15.9 Å². The first kappa shape index (κ1) is 15.1. The standard InChI is InChI=1S/C14H18BrNO4/c1-19-12-5-4-10(15)9(6-11(16)14(17)18)13(12)20-7-8-2-3-8/h4-5,8,11H,2-3,6-7,16H2,1H3,(H,17,18). The quantitative estimate of drug-likeness (QED) is 0.793. The molecule has 1 unspecified atom stereocenters. The van der Waals surface area contributed by atoms with Crippen molar-refractivity contribution in [2.45, 2.75) is 25.3 Å². The van der Waals surface area contributed by atoms with Crippen LogP contribution in [0.3, 0.4) is 0 Å². The molecule has 0 bridgehead atoms. The van der Waals surface area contributed by atoms with Gasteiger partial charge in [0, 0.05) is 16.5 Å². The van der Waals surface area contributed by atoms with Crippen LogP contribution in [0, 0.1) is 5.92 Å². The van der Waals surface area contributed by atoms with Crippen LogP contribution in [0.25, 0.3) is 0 Å². The number of methoxy groups -OCH3 is 1. The fourth-order valence-electron chi connectivity index (χ4n) is 1.88. The summed E-state index contributed by atoms with van der Waals surface area (Å²) in [5.74, 6) is 0.750. The van der Waals surface area contributed by atoms with E-state index < -0.39 is 12.0 Å². The van der Waals surface area contributed by atoms with Crippen molar-refractivity contribution in [3.63, 3.8) is 0 Å². The molecule has 0 saturated heterocycles. The van der Waals surface area contributed by atoms with E-state index in [-0.39, 0.29) is 6.42 Å². The summed E-state index contributed by atoms with van der Waals surface area (Å²) in [6, 6.07) is 2.64. The number of hydrogen-bond donors (Lipinski definition) is 2. The summed E-state index contributed by atoms with van der Waals surface area (Å²) in [5.41, 5.74) is 6.37. The molecule has 1 aromatic carbocycles. The van der Waals surface area contributed by atoms with Crippen molar-refractivity contribution in [1.29, 1.82) is 0 Å². The fourth-order valence-corrected chi connectivity index (χ4v) is 2.36. The first-order chi connectivity index (χ1) is 9.52. The molecule has 6 heteroatoms. The fraction of sp³-hybridized carbons (Fsp3) is 0.500. The van der Waals surface area contributed by atoms with Gasteiger partial charge in [0.05, 0.1) is 13.7 Å². The van der Waals surface area contributed by atoms with Gasteiger partial charge in [-0.05, 0) is 30.9 Å². The third kappa shape index (κ3) is 3.64. The summed E-state index contributed by atoms with van der Waals surface area (Å²) in [6.45, 7) is 0.627. The number of carbonyl (C=O) groups is 1. The molecule has 5 nitrogen and oxygen atoms in total. The highest BCUT2D eigenvalue weighted by molar-refractivity contribution is 9.10. The molecule has 20 heavy (non-hydrogen) atoms. The number of benzene rings is 1. The maximum atomic E-state index is 10.9. The summed E-state index contributed by atoms with van der Waals surface area (Å²) < 4.78 is 11.9. The third-order valence-electron chi connectivity index (χ3n) is 3.29. The lowest BCUT2D eigenvalue weighted by atomic mass is 10.0. The molecular formula is C14H18BrNO4. The number of nitrogens with two attached hydrogens (primary N) is 1. The van der Waals surface area contributed by atoms with E-state index in [1.54, 1.807) is 13.2 Å². The second-order valence-electron chi connectivity index (χ2n) is 4.96. The molecule has 1 aliphatic carbocycles. The minimum absolute atomic E-state index is 0.188. The van der Waals surface area contributed by atoms with Gasteiger partial charge in [-0.15, -0.1) is 0 Å². The van der Waals surface area contributed by atoms with E-state index in [0.29, 0.717) is 24.0 Å². The lowest BCUT2D eigenvalue weighted by Crippen LogP contribution is -2.32. The van der Waals surface area contributed by atoms with Crippen molar-refractivity contribution < 1.29 is 19.4 Å². The highest BCUT2D eigenvalue weighted by Crippen LogP contribution is 2.39. The van der Waals surface area contributed by atoms with Crippen LogP contribution >= 0.6 is 15.9 Å². The Morgan fingerprint density at radius 3 is 2.80 bits per heavy atom. The second kappa shape index (κ2) is 6.45. The maximum Gasteiger partial charge on any atom is 0.320 e. The van der Waals surface area contributed by atoms with Gasteiger partial charge in [0.25, 0.3) is 0 Å². The third-order valence-corrected chi connectivity index (χ3v) is 4.03. The minimum atomic E-state index is -1.03. The molecule has 0 radical (unpaired) electrons. The number of aliphatic carboxylic acids is 1. The Morgan fingerprint density at radius 2 is 2.25 bits per heavy atom. The molecule has 1 atom stereocenters. The SMILES string of the molecule is COc1ccc(Br)c(CC(N)C(=O)O)c1OCC1CC1. The van der Waals surface area contributed by atoms with Gasteiger partial charge in [0.2, 0.25) is 0 Å². The molecule has 0 spiro atoms. The van der Waals surface area contributed by atoms with Crippen LogP contribution in [0.15, 0.2) is 16.6 Å². The Labute approximate surface area is 126 Å². The van der Waals surface area contributed by atoms with E-state index >= 15 is 0 Å². The largest absolute Gasteiger partial charge is 0.493 e. The Morgan fingerprint density at radius 1 is 1.55 bits per heavy atom. The highest BCUT2D eigenvalue weighted by atomic mass is 79.9. The summed E-state index contributed by atoms with van der Waals surface area (Å²) in [5, 5.41) is 8.97. The van der Waals surface area contributed by atoms with Gasteiger partial charge >= 0.3 is 5.97 Å². The van der Waals surface area contributed by atoms with Crippen LogP contribution in [0.5, 0.6) is 11.5 Å². The second-order valence-corrected chi connectivity index (χ2v) is 5.81. The zero-order valence-electron chi connectivity index (χ0n) is 11.3. The Kier molecular flexibility index (Phi) is 4.88. The molecule has 1 saturated carbocycles. The monoisotopic (exact) mass is 343 g/mol. The summed E-state index contributed by atoms with van der Waals surface area (Å²) in [4.78, 5) is 10.9. The topological polar surface area (TPSA) is 81.8 Å². The molecule has 0 aromatic heterocycles. The van der Waals surface area contributed by atoms with Crippen LogP contribution in [0.4, 0.5) is 0 Å². The Balaban J connectivity index is 2.26. The van der Waals surface area contributed by atoms with Crippen molar-refractivity contribution in [2.24, 2.45) is 11.7 Å². The molecule has 0 amide bonds. The summed E-state index contributed by atoms with van der Waals surface area (Å²) in [6.07, 6.45) is 2.55. The average molecular weight is 344 g/mol. The number of carboxylic acids is 1. The smallest absolute Gasteiger partial charge is 0.320 e. The van der Waals surface area contributed by atoms with E-state index in [4.69, 9.17) is 20.3 Å². The first-order valence-electron chi connectivity index (χ1n) is 6.49. The molecular weight excluding hydrogens is 326 g/mol. The van der Waals surface area contributed by atoms with Gasteiger partial charge in [-0.2, -0.15) is 0 Å². The van der Waals surface area contributed by atoms with Crippen molar-refractivity contribution in [3.8, 4) is 11.5 Å². The predicted octanol–water partition coefficient (Wildman–Crippen LogP) is 2.20. The van der Waals surface area contributed by atoms with Crippen molar-refractivity contribution in [3.05, 3.63) is 22.2 Å². The molecule has 1 fully saturated rings. The first-order valence-corrected chi connectivity index (χ1v) is 7.28. The summed E-state index contributed by atoms with van der Waals surface area (Å²) >= 11 is 3.43. The Bertz CT molecular complexity index is 502. The van der Waals surface area contributed by atoms with Gasteiger partial charge < -0.3 is 20.3 Å². The van der Waals surface area contributed by atoms with E-state index in [9.17, 15) is 4.79 Å². The predicted molar refractivity (Wildman–Crippen MR) is 78.2 cm³/mol. The molecule has 0 aliphatic heterocycles. The normalized spacial score (nSPS) is 15.8. The van der Waals surface area contributed by atoms with E-state index in [0.717, 1.165) is 10.0 Å². The molecule has 110 valence electrons. The minimum Gasteiger partial charge on any atom is -0.493 e. The van der Waals surface area contributed by atoms with Crippen LogP contribution in [-0.2, 0) is 11.2 Å². The lowest BCUT2D eigenvalue weighted by Gasteiger charge is -2.17. The maximum absolute atomic E-state index is 10.9. The van der Waals surface area contributed by atoms with Crippen LogP contribution < -0.4 is 15.2 Å². The zero-order chi connectivity index (χ0) is 14.7. The van der Waals surface area contributed by atoms with Crippen LogP contribution in [0.1, 0.15) is 18.4 Å².